The molecular formula is C15H26N2O7. The number of carboxylic acids is 3. The van der Waals surface area contributed by atoms with E-state index in [1.54, 1.807) is 0 Å². The van der Waals surface area contributed by atoms with E-state index in [-0.39, 0.29) is 32.2 Å². The van der Waals surface area contributed by atoms with Crippen molar-refractivity contribution in [2.45, 2.75) is 64.0 Å². The maximum Gasteiger partial charge on any atom is 0.326 e. The summed E-state index contributed by atoms with van der Waals surface area (Å²) in [7, 11) is 0. The van der Waals surface area contributed by atoms with Crippen molar-refractivity contribution >= 4 is 23.8 Å². The van der Waals surface area contributed by atoms with Gasteiger partial charge in [0.05, 0.1) is 6.04 Å². The van der Waals surface area contributed by atoms with Gasteiger partial charge >= 0.3 is 17.9 Å². The minimum atomic E-state index is -1.30. The maximum atomic E-state index is 12.4. The third-order valence-corrected chi connectivity index (χ3v) is 3.56. The Labute approximate surface area is 140 Å². The standard InChI is InChI=1S/C15H26N2O7/c1-2-3-4-9-17(11(15(23)24)6-8-13(20)21)14(22)10(16)5-7-12(18)19/h10-11H,2-9,16H2,1H3,(H,18,19)(H,20,21)(H,23,24)/t10-,11-/m0/s1. The van der Waals surface area contributed by atoms with Crippen LogP contribution in [-0.4, -0.2) is 62.7 Å². The molecule has 0 saturated carbocycles. The average Bonchev–Trinajstić information content (AvgIpc) is 2.49. The molecule has 0 radical (unpaired) electrons. The molecule has 0 aromatic carbocycles. The molecule has 0 heterocycles. The van der Waals surface area contributed by atoms with Gasteiger partial charge in [0, 0.05) is 19.4 Å². The molecule has 5 N–H and O–H groups in total. The number of unbranched alkanes of at least 4 members (excludes halogenated alkanes) is 2. The molecule has 0 aliphatic rings. The third-order valence-electron chi connectivity index (χ3n) is 3.56. The second kappa shape index (κ2) is 11.4. The van der Waals surface area contributed by atoms with Crippen LogP contribution in [0.15, 0.2) is 0 Å². The van der Waals surface area contributed by atoms with Gasteiger partial charge in [-0.25, -0.2) is 4.79 Å². The van der Waals surface area contributed by atoms with E-state index in [0.717, 1.165) is 17.7 Å². The molecule has 0 bridgehead atoms. The molecule has 0 fully saturated rings. The molecule has 9 heteroatoms. The molecule has 24 heavy (non-hydrogen) atoms. The summed E-state index contributed by atoms with van der Waals surface area (Å²) in [6, 6.07) is -2.42. The number of carboxylic acid groups (broad SMARTS) is 3. The van der Waals surface area contributed by atoms with Crippen LogP contribution in [0.25, 0.3) is 0 Å². The van der Waals surface area contributed by atoms with Gasteiger partial charge in [0.25, 0.3) is 0 Å². The van der Waals surface area contributed by atoms with Gasteiger partial charge in [-0.1, -0.05) is 19.8 Å². The Morgan fingerprint density at radius 3 is 1.96 bits per heavy atom. The lowest BCUT2D eigenvalue weighted by atomic mass is 10.0. The Morgan fingerprint density at radius 2 is 1.50 bits per heavy atom. The summed E-state index contributed by atoms with van der Waals surface area (Å²) in [4.78, 5) is 46.3. The molecule has 138 valence electrons. The molecule has 0 spiro atoms. The highest BCUT2D eigenvalue weighted by Crippen LogP contribution is 2.13. The van der Waals surface area contributed by atoms with E-state index in [1.165, 1.54) is 0 Å². The number of aliphatic carboxylic acids is 3. The molecule has 0 unspecified atom stereocenters. The summed E-state index contributed by atoms with van der Waals surface area (Å²) < 4.78 is 0. The number of amides is 1. The van der Waals surface area contributed by atoms with Crippen LogP contribution < -0.4 is 5.73 Å². The highest BCUT2D eigenvalue weighted by atomic mass is 16.4. The van der Waals surface area contributed by atoms with Crippen molar-refractivity contribution in [3.05, 3.63) is 0 Å². The Hall–Kier alpha value is -2.16. The van der Waals surface area contributed by atoms with Crippen LogP contribution in [0.3, 0.4) is 0 Å². The van der Waals surface area contributed by atoms with Crippen molar-refractivity contribution in [2.24, 2.45) is 5.73 Å². The fraction of sp³-hybridized carbons (Fsp3) is 0.733. The van der Waals surface area contributed by atoms with Gasteiger partial charge in [-0.2, -0.15) is 0 Å². The number of carbonyl (C=O) groups excluding carboxylic acids is 1. The maximum absolute atomic E-state index is 12.4. The van der Waals surface area contributed by atoms with Crippen LogP contribution in [-0.2, 0) is 19.2 Å². The Kier molecular flexibility index (Phi) is 10.4. The van der Waals surface area contributed by atoms with Crippen molar-refractivity contribution in [3.63, 3.8) is 0 Å². The fourth-order valence-electron chi connectivity index (χ4n) is 2.24. The zero-order valence-corrected chi connectivity index (χ0v) is 13.8. The van der Waals surface area contributed by atoms with Crippen LogP contribution >= 0.6 is 0 Å². The van der Waals surface area contributed by atoms with Gasteiger partial charge in [-0.05, 0) is 19.3 Å². The monoisotopic (exact) mass is 346 g/mol. The summed E-state index contributed by atoms with van der Waals surface area (Å²) >= 11 is 0. The zero-order chi connectivity index (χ0) is 18.7. The van der Waals surface area contributed by atoms with E-state index in [9.17, 15) is 24.3 Å². The first-order valence-corrected chi connectivity index (χ1v) is 7.93. The van der Waals surface area contributed by atoms with Gasteiger partial charge in [0.15, 0.2) is 0 Å². The summed E-state index contributed by atoms with van der Waals surface area (Å²) in [5.74, 6) is -4.22. The molecule has 2 atom stereocenters. The lowest BCUT2D eigenvalue weighted by Crippen LogP contribution is -2.52. The number of carbonyl (C=O) groups is 4. The first kappa shape index (κ1) is 21.8. The SMILES string of the molecule is CCCCCN(C(=O)[C@@H](N)CCC(=O)O)[C@@H](CCC(=O)O)C(=O)O. The van der Waals surface area contributed by atoms with Crippen molar-refractivity contribution in [2.75, 3.05) is 6.54 Å². The minimum Gasteiger partial charge on any atom is -0.481 e. The lowest BCUT2D eigenvalue weighted by molar-refractivity contribution is -0.152. The molecule has 0 aliphatic carbocycles. The van der Waals surface area contributed by atoms with Gasteiger partial charge in [-0.15, -0.1) is 0 Å². The molecule has 9 nitrogen and oxygen atoms in total. The molecule has 0 saturated heterocycles. The molecule has 0 aromatic rings. The van der Waals surface area contributed by atoms with Crippen LogP contribution in [0.1, 0.15) is 51.9 Å². The first-order chi connectivity index (χ1) is 11.2. The molecule has 0 rings (SSSR count). The van der Waals surface area contributed by atoms with E-state index in [1.807, 2.05) is 6.92 Å². The summed E-state index contributed by atoms with van der Waals surface area (Å²) in [6.07, 6.45) is 1.17. The van der Waals surface area contributed by atoms with Gasteiger partial charge < -0.3 is 26.0 Å². The largest absolute Gasteiger partial charge is 0.481 e. The zero-order valence-electron chi connectivity index (χ0n) is 13.8. The Morgan fingerprint density at radius 1 is 0.958 bits per heavy atom. The Balaban J connectivity index is 5.13. The topological polar surface area (TPSA) is 158 Å². The van der Waals surface area contributed by atoms with Crippen LogP contribution in [0.4, 0.5) is 0 Å². The van der Waals surface area contributed by atoms with E-state index < -0.39 is 35.9 Å². The number of hydrogen-bond acceptors (Lipinski definition) is 5. The van der Waals surface area contributed by atoms with Crippen LogP contribution in [0.5, 0.6) is 0 Å². The number of rotatable bonds is 13. The predicted octanol–water partition coefficient (Wildman–Crippen LogP) is 0.515. The fourth-order valence-corrected chi connectivity index (χ4v) is 2.24. The summed E-state index contributed by atoms with van der Waals surface area (Å²) in [6.45, 7) is 2.09. The van der Waals surface area contributed by atoms with Crippen LogP contribution in [0, 0.1) is 0 Å². The highest BCUT2D eigenvalue weighted by Gasteiger charge is 2.32. The van der Waals surface area contributed by atoms with Gasteiger partial charge in [0.1, 0.15) is 6.04 Å². The quantitative estimate of drug-likeness (QED) is 0.351. The molecule has 0 aromatic heterocycles. The van der Waals surface area contributed by atoms with Gasteiger partial charge in [0.2, 0.25) is 5.91 Å². The normalized spacial score (nSPS) is 13.1. The van der Waals surface area contributed by atoms with Crippen LogP contribution in [0.2, 0.25) is 0 Å². The summed E-state index contributed by atoms with van der Waals surface area (Å²) in [5.41, 5.74) is 5.70. The molecular weight excluding hydrogens is 320 g/mol. The Bertz CT molecular complexity index is 453. The van der Waals surface area contributed by atoms with Crippen molar-refractivity contribution < 1.29 is 34.5 Å². The second-order valence-corrected chi connectivity index (χ2v) is 5.56. The summed E-state index contributed by atoms with van der Waals surface area (Å²) in [5, 5.41) is 26.7. The van der Waals surface area contributed by atoms with Gasteiger partial charge in [-0.3, -0.25) is 14.4 Å². The number of nitrogens with two attached hydrogens (primary N) is 1. The third kappa shape index (κ3) is 8.47. The van der Waals surface area contributed by atoms with Crippen molar-refractivity contribution in [1.29, 1.82) is 0 Å². The van der Waals surface area contributed by atoms with Crippen molar-refractivity contribution in [3.8, 4) is 0 Å². The molecule has 0 aliphatic heterocycles. The van der Waals surface area contributed by atoms with E-state index >= 15 is 0 Å². The first-order valence-electron chi connectivity index (χ1n) is 7.93. The lowest BCUT2D eigenvalue weighted by Gasteiger charge is -2.31. The molecule has 1 amide bonds. The smallest absolute Gasteiger partial charge is 0.326 e. The number of nitrogens with zero attached hydrogens (tertiary/aromatic N) is 1. The van der Waals surface area contributed by atoms with E-state index in [4.69, 9.17) is 15.9 Å². The van der Waals surface area contributed by atoms with E-state index in [2.05, 4.69) is 0 Å². The number of hydrogen-bond donors (Lipinski definition) is 4. The highest BCUT2D eigenvalue weighted by molar-refractivity contribution is 5.87. The second-order valence-electron chi connectivity index (χ2n) is 5.56. The average molecular weight is 346 g/mol. The minimum absolute atomic E-state index is 0.107. The predicted molar refractivity (Wildman–Crippen MR) is 84.4 cm³/mol. The van der Waals surface area contributed by atoms with E-state index in [0.29, 0.717) is 6.42 Å². The van der Waals surface area contributed by atoms with Crippen molar-refractivity contribution in [1.82, 2.24) is 4.90 Å².